The summed E-state index contributed by atoms with van der Waals surface area (Å²) in [4.78, 5) is 25.9. The van der Waals surface area contributed by atoms with Gasteiger partial charge in [-0.15, -0.1) is 0 Å². The number of furan rings is 1. The standard InChI is InChI=1S/C22H14ClNO5S2/c1-28-14-5-3-13(4-6-14)24-20(25)19(31-22(24)30)11-15-7-9-18(29-15)12-2-8-16(21(26)27)17(23)10-12/h2-11H,1H3,(H,26,27)/b19-11+. The number of rotatable bonds is 5. The molecule has 4 rings (SSSR count). The van der Waals surface area contributed by atoms with Crippen LogP contribution in [0.1, 0.15) is 16.1 Å². The molecule has 6 nitrogen and oxygen atoms in total. The number of ether oxygens (including phenoxy) is 1. The molecule has 1 fully saturated rings. The molecule has 31 heavy (non-hydrogen) atoms. The zero-order chi connectivity index (χ0) is 22.1. The lowest BCUT2D eigenvalue weighted by Crippen LogP contribution is -2.27. The molecule has 0 aliphatic carbocycles. The van der Waals surface area contributed by atoms with Crippen molar-refractivity contribution in [1.82, 2.24) is 0 Å². The predicted octanol–water partition coefficient (Wildman–Crippen LogP) is 5.71. The number of carboxylic acid groups (broad SMARTS) is 1. The van der Waals surface area contributed by atoms with Gasteiger partial charge >= 0.3 is 5.97 Å². The Morgan fingerprint density at radius 2 is 1.94 bits per heavy atom. The normalized spacial score (nSPS) is 15.0. The van der Waals surface area contributed by atoms with E-state index in [0.29, 0.717) is 37.7 Å². The number of carbonyl (C=O) groups excluding carboxylic acids is 1. The zero-order valence-electron chi connectivity index (χ0n) is 16.0. The summed E-state index contributed by atoms with van der Waals surface area (Å²) in [6.45, 7) is 0. The molecular formula is C22H14ClNO5S2. The number of aromatic carboxylic acids is 1. The van der Waals surface area contributed by atoms with E-state index in [2.05, 4.69) is 0 Å². The number of thiocarbonyl (C=S) groups is 1. The summed E-state index contributed by atoms with van der Waals surface area (Å²) in [5.41, 5.74) is 1.29. The third-order valence-corrected chi connectivity index (χ3v) is 6.12. The monoisotopic (exact) mass is 471 g/mol. The number of carboxylic acids is 1. The summed E-state index contributed by atoms with van der Waals surface area (Å²) in [6.07, 6.45) is 1.62. The molecule has 156 valence electrons. The van der Waals surface area contributed by atoms with Crippen molar-refractivity contribution in [3.8, 4) is 17.1 Å². The number of hydrogen-bond donors (Lipinski definition) is 1. The van der Waals surface area contributed by atoms with E-state index in [0.717, 1.165) is 0 Å². The van der Waals surface area contributed by atoms with E-state index in [1.807, 2.05) is 0 Å². The Balaban J connectivity index is 1.58. The zero-order valence-corrected chi connectivity index (χ0v) is 18.4. The number of methoxy groups -OCH3 is 1. The highest BCUT2D eigenvalue weighted by atomic mass is 35.5. The van der Waals surface area contributed by atoms with Crippen LogP contribution in [0.5, 0.6) is 5.75 Å². The molecule has 0 unspecified atom stereocenters. The van der Waals surface area contributed by atoms with Gasteiger partial charge in [0.25, 0.3) is 5.91 Å². The van der Waals surface area contributed by atoms with Gasteiger partial charge in [0.1, 0.15) is 17.3 Å². The molecule has 1 aromatic heterocycles. The highest BCUT2D eigenvalue weighted by Crippen LogP contribution is 2.37. The topological polar surface area (TPSA) is 80.0 Å². The van der Waals surface area contributed by atoms with E-state index >= 15 is 0 Å². The van der Waals surface area contributed by atoms with Crippen LogP contribution >= 0.6 is 35.6 Å². The second-order valence-corrected chi connectivity index (χ2v) is 8.50. The summed E-state index contributed by atoms with van der Waals surface area (Å²) >= 11 is 12.6. The minimum Gasteiger partial charge on any atom is -0.497 e. The Morgan fingerprint density at radius 1 is 1.19 bits per heavy atom. The summed E-state index contributed by atoms with van der Waals surface area (Å²) in [7, 11) is 1.57. The van der Waals surface area contributed by atoms with Crippen molar-refractivity contribution in [3.63, 3.8) is 0 Å². The first kappa shape index (κ1) is 21.2. The summed E-state index contributed by atoms with van der Waals surface area (Å²) in [6, 6.07) is 15.1. The summed E-state index contributed by atoms with van der Waals surface area (Å²) in [5, 5.41) is 9.21. The van der Waals surface area contributed by atoms with E-state index in [1.165, 1.54) is 28.8 Å². The molecule has 2 heterocycles. The molecule has 9 heteroatoms. The lowest BCUT2D eigenvalue weighted by molar-refractivity contribution is -0.113. The Bertz CT molecular complexity index is 1230. The average Bonchev–Trinajstić information content (AvgIpc) is 3.32. The fraction of sp³-hybridized carbons (Fsp3) is 0.0455. The SMILES string of the molecule is COc1ccc(N2C(=O)/C(=C\c3ccc(-c4ccc(C(=O)O)c(Cl)c4)o3)SC2=S)cc1. The van der Waals surface area contributed by atoms with Gasteiger partial charge < -0.3 is 14.3 Å². The minimum atomic E-state index is -1.10. The Morgan fingerprint density at radius 3 is 2.58 bits per heavy atom. The van der Waals surface area contributed by atoms with Crippen molar-refractivity contribution in [1.29, 1.82) is 0 Å². The van der Waals surface area contributed by atoms with Crippen LogP contribution in [0.2, 0.25) is 5.02 Å². The molecule has 1 amide bonds. The lowest BCUT2D eigenvalue weighted by Gasteiger charge is -2.14. The quantitative estimate of drug-likeness (QED) is 0.377. The number of amides is 1. The van der Waals surface area contributed by atoms with Gasteiger partial charge in [-0.2, -0.15) is 0 Å². The second-order valence-electron chi connectivity index (χ2n) is 6.42. The smallest absolute Gasteiger partial charge is 0.337 e. The van der Waals surface area contributed by atoms with Gasteiger partial charge in [0.15, 0.2) is 4.32 Å². The van der Waals surface area contributed by atoms with E-state index in [-0.39, 0.29) is 16.5 Å². The number of anilines is 1. The van der Waals surface area contributed by atoms with E-state index in [4.69, 9.17) is 38.1 Å². The Kier molecular flexibility index (Phi) is 5.86. The first-order valence-electron chi connectivity index (χ1n) is 8.92. The van der Waals surface area contributed by atoms with Crippen LogP contribution in [0, 0.1) is 0 Å². The van der Waals surface area contributed by atoms with Crippen LogP contribution in [-0.2, 0) is 4.79 Å². The van der Waals surface area contributed by atoms with Crippen LogP contribution in [0.25, 0.3) is 17.4 Å². The lowest BCUT2D eigenvalue weighted by atomic mass is 10.1. The molecule has 0 bridgehead atoms. The third-order valence-electron chi connectivity index (χ3n) is 4.51. The second kappa shape index (κ2) is 8.58. The van der Waals surface area contributed by atoms with Gasteiger partial charge in [0, 0.05) is 11.6 Å². The van der Waals surface area contributed by atoms with Crippen molar-refractivity contribution in [3.05, 3.63) is 75.8 Å². The molecule has 3 aromatic rings. The molecule has 2 aromatic carbocycles. The highest BCUT2D eigenvalue weighted by molar-refractivity contribution is 8.27. The Hall–Kier alpha value is -3.07. The van der Waals surface area contributed by atoms with E-state index in [1.54, 1.807) is 55.7 Å². The van der Waals surface area contributed by atoms with Gasteiger partial charge in [-0.25, -0.2) is 4.79 Å². The Labute approximate surface area is 192 Å². The maximum atomic E-state index is 12.9. The van der Waals surface area contributed by atoms with Crippen molar-refractivity contribution >= 4 is 63.5 Å². The molecule has 1 N–H and O–H groups in total. The van der Waals surface area contributed by atoms with Crippen LogP contribution in [-0.4, -0.2) is 28.4 Å². The highest BCUT2D eigenvalue weighted by Gasteiger charge is 2.33. The van der Waals surface area contributed by atoms with Gasteiger partial charge in [0.05, 0.1) is 28.3 Å². The maximum absolute atomic E-state index is 12.9. The van der Waals surface area contributed by atoms with Gasteiger partial charge in [-0.1, -0.05) is 41.6 Å². The summed E-state index contributed by atoms with van der Waals surface area (Å²) in [5.74, 6) is 0.297. The average molecular weight is 472 g/mol. The first-order chi connectivity index (χ1) is 14.9. The fourth-order valence-electron chi connectivity index (χ4n) is 2.98. The van der Waals surface area contributed by atoms with Crippen LogP contribution in [0.4, 0.5) is 5.69 Å². The number of thioether (sulfide) groups is 1. The van der Waals surface area contributed by atoms with Crippen molar-refractivity contribution in [2.75, 3.05) is 12.0 Å². The van der Waals surface area contributed by atoms with E-state index < -0.39 is 5.97 Å². The molecule has 0 saturated carbocycles. The fourth-order valence-corrected chi connectivity index (χ4v) is 4.52. The van der Waals surface area contributed by atoms with Crippen LogP contribution < -0.4 is 9.64 Å². The van der Waals surface area contributed by atoms with Gasteiger partial charge in [-0.3, -0.25) is 9.69 Å². The van der Waals surface area contributed by atoms with E-state index in [9.17, 15) is 9.59 Å². The predicted molar refractivity (Wildman–Crippen MR) is 125 cm³/mol. The van der Waals surface area contributed by atoms with Crippen molar-refractivity contribution in [2.45, 2.75) is 0 Å². The number of halogens is 1. The number of nitrogens with zero attached hydrogens (tertiary/aromatic N) is 1. The molecule has 1 aliphatic heterocycles. The maximum Gasteiger partial charge on any atom is 0.337 e. The largest absolute Gasteiger partial charge is 0.497 e. The third kappa shape index (κ3) is 4.23. The molecule has 0 atom stereocenters. The molecular weight excluding hydrogens is 458 g/mol. The van der Waals surface area contributed by atoms with Gasteiger partial charge in [-0.05, 0) is 48.5 Å². The molecule has 0 radical (unpaired) electrons. The molecule has 1 aliphatic rings. The number of hydrogen-bond acceptors (Lipinski definition) is 6. The minimum absolute atomic E-state index is 0.0133. The number of benzene rings is 2. The first-order valence-corrected chi connectivity index (χ1v) is 10.5. The molecule has 1 saturated heterocycles. The number of carbonyl (C=O) groups is 2. The van der Waals surface area contributed by atoms with Crippen molar-refractivity contribution < 1.29 is 23.8 Å². The van der Waals surface area contributed by atoms with Gasteiger partial charge in [0.2, 0.25) is 0 Å². The van der Waals surface area contributed by atoms with Crippen LogP contribution in [0.15, 0.2) is 63.9 Å². The van der Waals surface area contributed by atoms with Crippen LogP contribution in [0.3, 0.4) is 0 Å². The van der Waals surface area contributed by atoms with Crippen molar-refractivity contribution in [2.24, 2.45) is 0 Å². The molecule has 0 spiro atoms. The summed E-state index contributed by atoms with van der Waals surface area (Å²) < 4.78 is 11.4.